The summed E-state index contributed by atoms with van der Waals surface area (Å²) >= 11 is 0. The predicted octanol–water partition coefficient (Wildman–Crippen LogP) is 5.23. The van der Waals surface area contributed by atoms with Crippen molar-refractivity contribution >= 4 is 22.5 Å². The van der Waals surface area contributed by atoms with Crippen LogP contribution in [-0.2, 0) is 6.18 Å². The number of carbonyl (C=O) groups excluding carboxylic acids is 1. The van der Waals surface area contributed by atoms with Crippen LogP contribution in [0.3, 0.4) is 0 Å². The van der Waals surface area contributed by atoms with E-state index in [1.54, 1.807) is 26.0 Å². The van der Waals surface area contributed by atoms with Crippen LogP contribution in [0.15, 0.2) is 47.4 Å². The van der Waals surface area contributed by atoms with Gasteiger partial charge in [0, 0.05) is 11.6 Å². The number of anilines is 1. The molecule has 3 rings (SSSR count). The van der Waals surface area contributed by atoms with Crippen LogP contribution < -0.4 is 10.7 Å². The topological polar surface area (TPSA) is 62.0 Å². The average Bonchev–Trinajstić information content (AvgIpc) is 2.62. The van der Waals surface area contributed by atoms with Crippen molar-refractivity contribution in [2.45, 2.75) is 32.9 Å². The predicted molar refractivity (Wildman–Crippen MR) is 103 cm³/mol. The van der Waals surface area contributed by atoms with Gasteiger partial charge in [0.25, 0.3) is 5.91 Å². The molecule has 0 aliphatic carbocycles. The fourth-order valence-electron chi connectivity index (χ4n) is 3.03. The summed E-state index contributed by atoms with van der Waals surface area (Å²) in [7, 11) is 0. The molecule has 28 heavy (non-hydrogen) atoms. The van der Waals surface area contributed by atoms with Crippen molar-refractivity contribution in [2.75, 3.05) is 5.32 Å². The van der Waals surface area contributed by atoms with E-state index in [1.165, 1.54) is 18.3 Å². The van der Waals surface area contributed by atoms with Gasteiger partial charge >= 0.3 is 6.18 Å². The first-order valence-corrected chi connectivity index (χ1v) is 8.73. The van der Waals surface area contributed by atoms with E-state index in [9.17, 15) is 22.8 Å². The lowest BCUT2D eigenvalue weighted by Crippen LogP contribution is -2.23. The van der Waals surface area contributed by atoms with Gasteiger partial charge in [-0.15, -0.1) is 0 Å². The minimum absolute atomic E-state index is 0.0996. The molecular formula is C21H19F3N2O2. The van der Waals surface area contributed by atoms with Crippen molar-refractivity contribution < 1.29 is 18.0 Å². The number of nitrogens with one attached hydrogen (secondary N) is 2. The number of para-hydroxylation sites is 1. The van der Waals surface area contributed by atoms with Crippen LogP contribution in [0.25, 0.3) is 10.9 Å². The highest BCUT2D eigenvalue weighted by Crippen LogP contribution is 2.36. The van der Waals surface area contributed by atoms with Crippen LogP contribution in [0.5, 0.6) is 0 Å². The number of rotatable bonds is 3. The first kappa shape index (κ1) is 19.7. The van der Waals surface area contributed by atoms with Crippen LogP contribution in [0.2, 0.25) is 0 Å². The van der Waals surface area contributed by atoms with Crippen LogP contribution in [0, 0.1) is 6.92 Å². The number of aryl methyl sites for hydroxylation is 1. The summed E-state index contributed by atoms with van der Waals surface area (Å²) in [6, 6.07) is 8.83. The molecule has 2 aromatic carbocycles. The van der Waals surface area contributed by atoms with Gasteiger partial charge in [0.1, 0.15) is 5.56 Å². The van der Waals surface area contributed by atoms with E-state index in [4.69, 9.17) is 0 Å². The number of hydrogen-bond donors (Lipinski definition) is 2. The Hall–Kier alpha value is -3.09. The van der Waals surface area contributed by atoms with Crippen molar-refractivity contribution in [3.05, 3.63) is 75.1 Å². The molecule has 0 atom stereocenters. The second-order valence-electron chi connectivity index (χ2n) is 6.94. The number of hydrogen-bond acceptors (Lipinski definition) is 2. The molecule has 3 aromatic rings. The molecule has 0 spiro atoms. The van der Waals surface area contributed by atoms with Crippen LogP contribution >= 0.6 is 0 Å². The molecule has 0 radical (unpaired) electrons. The van der Waals surface area contributed by atoms with Crippen molar-refractivity contribution in [1.82, 2.24) is 4.98 Å². The van der Waals surface area contributed by atoms with Gasteiger partial charge in [0.15, 0.2) is 0 Å². The smallest absolute Gasteiger partial charge is 0.360 e. The Morgan fingerprint density at radius 2 is 1.86 bits per heavy atom. The minimum Gasteiger partial charge on any atom is -0.360 e. The summed E-state index contributed by atoms with van der Waals surface area (Å²) in [6.45, 7) is 5.37. The number of amides is 1. The number of halogens is 3. The molecule has 0 fully saturated rings. The molecular weight excluding hydrogens is 369 g/mol. The maximum Gasteiger partial charge on any atom is 0.418 e. The first-order valence-electron chi connectivity index (χ1n) is 8.73. The summed E-state index contributed by atoms with van der Waals surface area (Å²) < 4.78 is 40.4. The Morgan fingerprint density at radius 3 is 2.50 bits per heavy atom. The van der Waals surface area contributed by atoms with Gasteiger partial charge in [-0.05, 0) is 42.2 Å². The zero-order chi connectivity index (χ0) is 20.6. The Labute approximate surface area is 159 Å². The molecule has 0 saturated heterocycles. The largest absolute Gasteiger partial charge is 0.418 e. The molecule has 0 aliphatic rings. The molecule has 146 valence electrons. The van der Waals surface area contributed by atoms with E-state index >= 15 is 0 Å². The number of H-pyrrole nitrogens is 1. The maximum atomic E-state index is 13.5. The van der Waals surface area contributed by atoms with Crippen LogP contribution in [0.1, 0.15) is 46.8 Å². The first-order chi connectivity index (χ1) is 13.1. The van der Waals surface area contributed by atoms with Gasteiger partial charge < -0.3 is 10.3 Å². The fourth-order valence-corrected chi connectivity index (χ4v) is 3.03. The van der Waals surface area contributed by atoms with Gasteiger partial charge in [-0.3, -0.25) is 9.59 Å². The molecule has 1 aromatic heterocycles. The van der Waals surface area contributed by atoms with Crippen LogP contribution in [0.4, 0.5) is 18.9 Å². The highest BCUT2D eigenvalue weighted by molar-refractivity contribution is 6.06. The number of pyridine rings is 1. The van der Waals surface area contributed by atoms with Crippen molar-refractivity contribution in [2.24, 2.45) is 0 Å². The number of alkyl halides is 3. The molecule has 2 N–H and O–H groups in total. The molecule has 0 saturated carbocycles. The lowest BCUT2D eigenvalue weighted by Gasteiger charge is -2.16. The summed E-state index contributed by atoms with van der Waals surface area (Å²) in [5, 5.41) is 2.55. The van der Waals surface area contributed by atoms with E-state index < -0.39 is 23.1 Å². The molecule has 0 aliphatic heterocycles. The molecule has 0 unspecified atom stereocenters. The van der Waals surface area contributed by atoms with Crippen molar-refractivity contribution in [3.8, 4) is 0 Å². The summed E-state index contributed by atoms with van der Waals surface area (Å²) in [4.78, 5) is 28.1. The van der Waals surface area contributed by atoms with E-state index in [-0.39, 0.29) is 17.2 Å². The highest BCUT2D eigenvalue weighted by atomic mass is 19.4. The SMILES string of the molecule is Cc1cccc2c(=O)c(C(=O)Nc3ccc(C(C)C)cc3C(F)(F)F)c[nH]c12. The van der Waals surface area contributed by atoms with Gasteiger partial charge in [0.2, 0.25) is 5.43 Å². The third-order valence-electron chi connectivity index (χ3n) is 4.63. The Bertz CT molecular complexity index is 1110. The summed E-state index contributed by atoms with van der Waals surface area (Å²) in [5.74, 6) is -0.995. The Balaban J connectivity index is 2.03. The summed E-state index contributed by atoms with van der Waals surface area (Å²) in [6.07, 6.45) is -3.41. The number of benzene rings is 2. The zero-order valence-corrected chi connectivity index (χ0v) is 15.6. The van der Waals surface area contributed by atoms with Gasteiger partial charge in [-0.25, -0.2) is 0 Å². The monoisotopic (exact) mass is 388 g/mol. The van der Waals surface area contributed by atoms with E-state index in [2.05, 4.69) is 10.3 Å². The third kappa shape index (κ3) is 3.65. The number of fused-ring (bicyclic) bond motifs is 1. The lowest BCUT2D eigenvalue weighted by atomic mass is 9.99. The van der Waals surface area contributed by atoms with E-state index in [0.29, 0.717) is 16.5 Å². The second-order valence-corrected chi connectivity index (χ2v) is 6.94. The zero-order valence-electron chi connectivity index (χ0n) is 15.6. The normalized spacial score (nSPS) is 11.8. The maximum absolute atomic E-state index is 13.5. The fraction of sp³-hybridized carbons (Fsp3) is 0.238. The lowest BCUT2D eigenvalue weighted by molar-refractivity contribution is -0.137. The third-order valence-corrected chi connectivity index (χ3v) is 4.63. The quantitative estimate of drug-likeness (QED) is 0.645. The number of aromatic nitrogens is 1. The minimum atomic E-state index is -4.64. The molecule has 1 amide bonds. The molecule has 0 bridgehead atoms. The molecule has 7 heteroatoms. The number of aromatic amines is 1. The van der Waals surface area contributed by atoms with Crippen molar-refractivity contribution in [1.29, 1.82) is 0 Å². The number of carbonyl (C=O) groups is 1. The Morgan fingerprint density at radius 1 is 1.14 bits per heavy atom. The Kier molecular flexibility index (Phi) is 5.02. The van der Waals surface area contributed by atoms with E-state index in [0.717, 1.165) is 11.6 Å². The molecule has 4 nitrogen and oxygen atoms in total. The highest BCUT2D eigenvalue weighted by Gasteiger charge is 2.34. The summed E-state index contributed by atoms with van der Waals surface area (Å²) in [5.41, 5.74) is -0.205. The van der Waals surface area contributed by atoms with Gasteiger partial charge in [0.05, 0.1) is 16.8 Å². The standard InChI is InChI=1S/C21H19F3N2O2/c1-11(2)13-7-8-17(16(9-13)21(22,23)24)26-20(28)15-10-25-18-12(3)5-4-6-14(18)19(15)27/h4-11H,1-3H3,(H,25,27)(H,26,28). The van der Waals surface area contributed by atoms with Gasteiger partial charge in [-0.2, -0.15) is 13.2 Å². The van der Waals surface area contributed by atoms with Crippen molar-refractivity contribution in [3.63, 3.8) is 0 Å². The van der Waals surface area contributed by atoms with E-state index in [1.807, 2.05) is 13.0 Å². The van der Waals surface area contributed by atoms with Gasteiger partial charge in [-0.1, -0.05) is 32.0 Å². The average molecular weight is 388 g/mol. The second kappa shape index (κ2) is 7.14. The molecule has 1 heterocycles. The van der Waals surface area contributed by atoms with Crippen LogP contribution in [-0.4, -0.2) is 10.9 Å².